The molecule has 118 valence electrons. The van der Waals surface area contributed by atoms with Crippen LogP contribution in [-0.4, -0.2) is 30.1 Å². The molecule has 0 spiro atoms. The van der Waals surface area contributed by atoms with E-state index in [1.54, 1.807) is 36.4 Å². The molecule has 3 rings (SSSR count). The Morgan fingerprint density at radius 3 is 2.43 bits per heavy atom. The van der Waals surface area contributed by atoms with Crippen molar-refractivity contribution in [3.63, 3.8) is 0 Å². The maximum atomic E-state index is 12.3. The number of amides is 1. The number of methoxy groups -OCH3 is 2. The second-order valence-corrected chi connectivity index (χ2v) is 4.86. The van der Waals surface area contributed by atoms with Crippen LogP contribution < -0.4 is 20.5 Å². The van der Waals surface area contributed by atoms with Crippen LogP contribution in [0, 0.1) is 0 Å². The van der Waals surface area contributed by atoms with Crippen molar-refractivity contribution < 1.29 is 14.3 Å². The zero-order chi connectivity index (χ0) is 16.4. The average Bonchev–Trinajstić information content (AvgIpc) is 2.93. The number of benzene rings is 2. The molecule has 1 heterocycles. The number of hydrogen-bond donors (Lipinski definition) is 3. The first-order valence-corrected chi connectivity index (χ1v) is 6.86. The van der Waals surface area contributed by atoms with E-state index in [0.717, 1.165) is 0 Å². The lowest BCUT2D eigenvalue weighted by Crippen LogP contribution is -2.12. The zero-order valence-electron chi connectivity index (χ0n) is 12.6. The summed E-state index contributed by atoms with van der Waals surface area (Å²) < 4.78 is 10.3. The number of aromatic nitrogens is 2. The number of rotatable bonds is 4. The van der Waals surface area contributed by atoms with Crippen LogP contribution in [0.2, 0.25) is 0 Å². The predicted molar refractivity (Wildman–Crippen MR) is 86.4 cm³/mol. The molecule has 23 heavy (non-hydrogen) atoms. The van der Waals surface area contributed by atoms with Gasteiger partial charge in [0.1, 0.15) is 0 Å². The molecular weight excluding hydrogens is 298 g/mol. The Bertz CT molecular complexity index is 926. The molecule has 7 heteroatoms. The van der Waals surface area contributed by atoms with Gasteiger partial charge in [-0.2, -0.15) is 0 Å². The minimum Gasteiger partial charge on any atom is -0.493 e. The first-order chi connectivity index (χ1) is 11.1. The van der Waals surface area contributed by atoms with Gasteiger partial charge in [0, 0.05) is 11.3 Å². The number of carbonyl (C=O) groups is 1. The monoisotopic (exact) mass is 313 g/mol. The van der Waals surface area contributed by atoms with Crippen LogP contribution in [0.3, 0.4) is 0 Å². The molecule has 0 atom stereocenters. The van der Waals surface area contributed by atoms with Crippen LogP contribution >= 0.6 is 0 Å². The van der Waals surface area contributed by atoms with Gasteiger partial charge in [-0.15, -0.1) is 0 Å². The van der Waals surface area contributed by atoms with Gasteiger partial charge in [0.2, 0.25) is 0 Å². The fourth-order valence-electron chi connectivity index (χ4n) is 2.29. The second kappa shape index (κ2) is 5.88. The summed E-state index contributed by atoms with van der Waals surface area (Å²) in [7, 11) is 3.04. The fraction of sp³-hybridized carbons (Fsp3) is 0.125. The molecule has 0 saturated carbocycles. The van der Waals surface area contributed by atoms with Crippen molar-refractivity contribution in [3.05, 3.63) is 52.4 Å². The van der Waals surface area contributed by atoms with Crippen LogP contribution in [0.25, 0.3) is 11.0 Å². The Morgan fingerprint density at radius 2 is 1.70 bits per heavy atom. The number of hydrogen-bond acceptors (Lipinski definition) is 4. The number of H-pyrrole nitrogens is 2. The van der Waals surface area contributed by atoms with E-state index in [1.807, 2.05) is 0 Å². The van der Waals surface area contributed by atoms with E-state index in [0.29, 0.717) is 33.8 Å². The van der Waals surface area contributed by atoms with Gasteiger partial charge in [-0.3, -0.25) is 4.79 Å². The molecular formula is C16H15N3O4. The lowest BCUT2D eigenvalue weighted by Gasteiger charge is -2.10. The van der Waals surface area contributed by atoms with Gasteiger partial charge in [0.05, 0.1) is 25.3 Å². The molecule has 1 aromatic heterocycles. The van der Waals surface area contributed by atoms with Crippen molar-refractivity contribution >= 4 is 22.6 Å². The lowest BCUT2D eigenvalue weighted by atomic mass is 10.1. The summed E-state index contributed by atoms with van der Waals surface area (Å²) in [6.07, 6.45) is 0. The molecule has 0 radical (unpaired) electrons. The first kappa shape index (κ1) is 14.7. The summed E-state index contributed by atoms with van der Waals surface area (Å²) in [6.45, 7) is 0. The van der Waals surface area contributed by atoms with Gasteiger partial charge < -0.3 is 24.8 Å². The maximum Gasteiger partial charge on any atom is 0.323 e. The highest BCUT2D eigenvalue weighted by atomic mass is 16.5. The quantitative estimate of drug-likeness (QED) is 0.687. The van der Waals surface area contributed by atoms with E-state index in [1.165, 1.54) is 14.2 Å². The fourth-order valence-corrected chi connectivity index (χ4v) is 2.29. The van der Waals surface area contributed by atoms with E-state index in [2.05, 4.69) is 15.3 Å². The molecule has 0 saturated heterocycles. The Hall–Kier alpha value is -3.22. The van der Waals surface area contributed by atoms with Crippen molar-refractivity contribution in [2.24, 2.45) is 0 Å². The number of carbonyl (C=O) groups excluding carboxylic acids is 1. The molecule has 0 aliphatic carbocycles. The molecule has 3 N–H and O–H groups in total. The third kappa shape index (κ3) is 2.89. The lowest BCUT2D eigenvalue weighted by molar-refractivity contribution is 0.102. The van der Waals surface area contributed by atoms with Gasteiger partial charge in [-0.1, -0.05) is 0 Å². The molecule has 2 aromatic carbocycles. The average molecular weight is 313 g/mol. The largest absolute Gasteiger partial charge is 0.493 e. The van der Waals surface area contributed by atoms with Gasteiger partial charge in [0.15, 0.2) is 11.5 Å². The van der Waals surface area contributed by atoms with E-state index in [-0.39, 0.29) is 11.6 Å². The number of nitrogens with one attached hydrogen (secondary N) is 3. The molecule has 0 aliphatic rings. The Kier molecular flexibility index (Phi) is 3.76. The maximum absolute atomic E-state index is 12.3. The second-order valence-electron chi connectivity index (χ2n) is 4.86. The first-order valence-electron chi connectivity index (χ1n) is 6.86. The van der Waals surface area contributed by atoms with E-state index < -0.39 is 0 Å². The zero-order valence-corrected chi connectivity index (χ0v) is 12.6. The van der Waals surface area contributed by atoms with Crippen LogP contribution in [-0.2, 0) is 0 Å². The highest BCUT2D eigenvalue weighted by Crippen LogP contribution is 2.28. The summed E-state index contributed by atoms with van der Waals surface area (Å²) in [5, 5.41) is 2.78. The summed E-state index contributed by atoms with van der Waals surface area (Å²) in [5.74, 6) is 0.740. The van der Waals surface area contributed by atoms with E-state index >= 15 is 0 Å². The standard InChI is InChI=1S/C16H15N3O4/c1-22-13-6-3-9(7-14(13)23-2)15(20)17-10-4-5-11-12(8-10)19-16(21)18-11/h3-8H,1-2H3,(H,17,20)(H2,18,19,21). The van der Waals surface area contributed by atoms with Crippen LogP contribution in [0.1, 0.15) is 10.4 Å². The van der Waals surface area contributed by atoms with E-state index in [4.69, 9.17) is 9.47 Å². The summed E-state index contributed by atoms with van der Waals surface area (Å²) in [4.78, 5) is 28.9. The van der Waals surface area contributed by atoms with Crippen molar-refractivity contribution in [1.82, 2.24) is 9.97 Å². The van der Waals surface area contributed by atoms with Gasteiger partial charge in [-0.25, -0.2) is 4.79 Å². The van der Waals surface area contributed by atoms with E-state index in [9.17, 15) is 9.59 Å². The molecule has 0 fully saturated rings. The van der Waals surface area contributed by atoms with Crippen molar-refractivity contribution in [3.8, 4) is 11.5 Å². The number of ether oxygens (including phenoxy) is 2. The summed E-state index contributed by atoms with van der Waals surface area (Å²) in [6, 6.07) is 10.0. The van der Waals surface area contributed by atoms with Crippen molar-refractivity contribution in [1.29, 1.82) is 0 Å². The number of anilines is 1. The Balaban J connectivity index is 1.86. The van der Waals surface area contributed by atoms with Gasteiger partial charge in [0.25, 0.3) is 5.91 Å². The van der Waals surface area contributed by atoms with Gasteiger partial charge >= 0.3 is 5.69 Å². The number of aromatic amines is 2. The summed E-state index contributed by atoms with van der Waals surface area (Å²) >= 11 is 0. The summed E-state index contributed by atoms with van der Waals surface area (Å²) in [5.41, 5.74) is 2.03. The molecule has 0 unspecified atom stereocenters. The smallest absolute Gasteiger partial charge is 0.323 e. The number of fused-ring (bicyclic) bond motifs is 1. The molecule has 1 amide bonds. The topological polar surface area (TPSA) is 96.2 Å². The Labute approximate surface area is 131 Å². The van der Waals surface area contributed by atoms with Crippen molar-refractivity contribution in [2.45, 2.75) is 0 Å². The third-order valence-corrected chi connectivity index (χ3v) is 3.42. The Morgan fingerprint density at radius 1 is 0.957 bits per heavy atom. The van der Waals surface area contributed by atoms with Crippen LogP contribution in [0.15, 0.2) is 41.2 Å². The molecule has 0 bridgehead atoms. The highest BCUT2D eigenvalue weighted by molar-refractivity contribution is 6.05. The SMILES string of the molecule is COc1ccc(C(=O)Nc2ccc3[nH]c(=O)[nH]c3c2)cc1OC. The molecule has 3 aromatic rings. The minimum absolute atomic E-state index is 0.289. The third-order valence-electron chi connectivity index (χ3n) is 3.42. The highest BCUT2D eigenvalue weighted by Gasteiger charge is 2.11. The van der Waals surface area contributed by atoms with Crippen molar-refractivity contribution in [2.75, 3.05) is 19.5 Å². The number of imidazole rings is 1. The van der Waals surface area contributed by atoms with Crippen LogP contribution in [0.5, 0.6) is 11.5 Å². The predicted octanol–water partition coefficient (Wildman–Crippen LogP) is 2.13. The molecule has 7 nitrogen and oxygen atoms in total. The normalized spacial score (nSPS) is 10.5. The van der Waals surface area contributed by atoms with Crippen LogP contribution in [0.4, 0.5) is 5.69 Å². The minimum atomic E-state index is -0.289. The van der Waals surface area contributed by atoms with Gasteiger partial charge in [-0.05, 0) is 36.4 Å². The molecule has 0 aliphatic heterocycles.